The van der Waals surface area contributed by atoms with E-state index < -0.39 is 0 Å². The van der Waals surface area contributed by atoms with Gasteiger partial charge >= 0.3 is 0 Å². The van der Waals surface area contributed by atoms with Gasteiger partial charge in [0.15, 0.2) is 5.58 Å². The van der Waals surface area contributed by atoms with Crippen molar-refractivity contribution < 1.29 is 4.42 Å². The summed E-state index contributed by atoms with van der Waals surface area (Å²) in [5.41, 5.74) is 9.62. The third kappa shape index (κ3) is 2.22. The van der Waals surface area contributed by atoms with Crippen molar-refractivity contribution in [2.24, 2.45) is 0 Å². The van der Waals surface area contributed by atoms with Crippen LogP contribution in [0.25, 0.3) is 22.6 Å². The number of fused-ring (bicyclic) bond motifs is 1. The smallest absolute Gasteiger partial charge is 0.228 e. The van der Waals surface area contributed by atoms with Crippen molar-refractivity contribution >= 4 is 44.3 Å². The average molecular weight is 338 g/mol. The Hall–Kier alpha value is -1.52. The molecule has 0 aliphatic carbocycles. The number of nitrogens with two attached hydrogens (primary N) is 1. The Kier molecular flexibility index (Phi) is 2.99. The van der Waals surface area contributed by atoms with Gasteiger partial charge in [-0.15, -0.1) is 0 Å². The van der Waals surface area contributed by atoms with Gasteiger partial charge in [-0.25, -0.2) is 4.98 Å². The van der Waals surface area contributed by atoms with Crippen LogP contribution in [0.1, 0.15) is 5.56 Å². The van der Waals surface area contributed by atoms with Crippen LogP contribution in [-0.4, -0.2) is 4.98 Å². The molecule has 2 N–H and O–H groups in total. The number of rotatable bonds is 1. The topological polar surface area (TPSA) is 52.0 Å². The first-order valence-corrected chi connectivity index (χ1v) is 6.84. The second-order valence-corrected chi connectivity index (χ2v) is 5.61. The number of halogens is 2. The summed E-state index contributed by atoms with van der Waals surface area (Å²) in [6, 6.07) is 9.41. The molecule has 0 aliphatic rings. The average Bonchev–Trinajstić information content (AvgIpc) is 2.75. The number of nitrogen functional groups attached to an aromatic ring is 1. The van der Waals surface area contributed by atoms with Crippen molar-refractivity contribution in [1.82, 2.24) is 4.98 Å². The lowest BCUT2D eigenvalue weighted by Crippen LogP contribution is -1.84. The Morgan fingerprint density at radius 1 is 1.26 bits per heavy atom. The van der Waals surface area contributed by atoms with Gasteiger partial charge in [-0.1, -0.05) is 23.2 Å². The van der Waals surface area contributed by atoms with Gasteiger partial charge in [-0.3, -0.25) is 0 Å². The monoisotopic (exact) mass is 336 g/mol. The van der Waals surface area contributed by atoms with Crippen molar-refractivity contribution in [2.45, 2.75) is 6.92 Å². The third-order valence-corrected chi connectivity index (χ3v) is 3.88. The maximum atomic E-state index is 5.98. The number of hydrogen-bond acceptors (Lipinski definition) is 3. The van der Waals surface area contributed by atoms with Crippen LogP contribution < -0.4 is 5.73 Å². The van der Waals surface area contributed by atoms with E-state index in [0.717, 1.165) is 15.6 Å². The molecule has 0 radical (unpaired) electrons. The van der Waals surface area contributed by atoms with E-state index in [1.807, 2.05) is 25.1 Å². The molecule has 0 atom stereocenters. The summed E-state index contributed by atoms with van der Waals surface area (Å²) < 4.78 is 6.68. The largest absolute Gasteiger partial charge is 0.436 e. The lowest BCUT2D eigenvalue weighted by atomic mass is 10.1. The maximum Gasteiger partial charge on any atom is 0.228 e. The van der Waals surface area contributed by atoms with E-state index in [9.17, 15) is 0 Å². The second-order valence-electron chi connectivity index (χ2n) is 4.34. The van der Waals surface area contributed by atoms with E-state index in [1.54, 1.807) is 12.1 Å². The minimum atomic E-state index is 0.482. The van der Waals surface area contributed by atoms with Crippen LogP contribution in [0.3, 0.4) is 0 Å². The van der Waals surface area contributed by atoms with Crippen molar-refractivity contribution in [2.75, 3.05) is 5.73 Å². The molecular formula is C14H10BrClN2O. The normalized spacial score (nSPS) is 11.1. The highest BCUT2D eigenvalue weighted by Gasteiger charge is 2.13. The van der Waals surface area contributed by atoms with E-state index >= 15 is 0 Å². The minimum absolute atomic E-state index is 0.482. The lowest BCUT2D eigenvalue weighted by molar-refractivity contribution is 0.619. The molecule has 0 aliphatic heterocycles. The number of benzene rings is 2. The van der Waals surface area contributed by atoms with Crippen LogP contribution in [0, 0.1) is 6.92 Å². The summed E-state index contributed by atoms with van der Waals surface area (Å²) in [5, 5.41) is 0.482. The predicted octanol–water partition coefficient (Wildman–Crippen LogP) is 4.80. The van der Waals surface area contributed by atoms with Crippen LogP contribution >= 0.6 is 27.5 Å². The van der Waals surface area contributed by atoms with Crippen molar-refractivity contribution in [3.63, 3.8) is 0 Å². The summed E-state index contributed by atoms with van der Waals surface area (Å²) in [7, 11) is 0. The van der Waals surface area contributed by atoms with Gasteiger partial charge in [0, 0.05) is 10.5 Å². The summed E-state index contributed by atoms with van der Waals surface area (Å²) >= 11 is 9.49. The molecule has 0 amide bonds. The third-order valence-electron chi connectivity index (χ3n) is 2.86. The van der Waals surface area contributed by atoms with Crippen LogP contribution in [0.2, 0.25) is 5.02 Å². The number of aryl methyl sites for hydroxylation is 1. The van der Waals surface area contributed by atoms with Gasteiger partial charge < -0.3 is 10.2 Å². The molecule has 0 bridgehead atoms. The Bertz CT molecular complexity index is 743. The number of hydrogen-bond donors (Lipinski definition) is 1. The van der Waals surface area contributed by atoms with Crippen LogP contribution in [0.15, 0.2) is 39.2 Å². The van der Waals surface area contributed by atoms with Crippen molar-refractivity contribution in [1.29, 1.82) is 0 Å². The molecule has 0 spiro atoms. The zero-order valence-electron chi connectivity index (χ0n) is 10.1. The summed E-state index contributed by atoms with van der Waals surface area (Å²) in [5.74, 6) is 0.548. The van der Waals surface area contributed by atoms with Crippen molar-refractivity contribution in [3.8, 4) is 11.5 Å². The molecule has 3 rings (SSSR count). The van der Waals surface area contributed by atoms with Crippen molar-refractivity contribution in [3.05, 3.63) is 45.4 Å². The highest BCUT2D eigenvalue weighted by molar-refractivity contribution is 9.10. The van der Waals surface area contributed by atoms with Gasteiger partial charge in [-0.05, 0) is 41.1 Å². The number of anilines is 1. The molecule has 0 fully saturated rings. The molecular weight excluding hydrogens is 328 g/mol. The molecule has 2 aromatic carbocycles. The van der Waals surface area contributed by atoms with Crippen LogP contribution in [0.5, 0.6) is 0 Å². The molecule has 96 valence electrons. The molecule has 19 heavy (non-hydrogen) atoms. The standard InChI is InChI=1S/C14H10BrClN2O/c1-7-2-3-9(15)8(4-7)14-18-12-5-10(16)11(17)6-13(12)19-14/h2-6H,17H2,1H3. The van der Waals surface area contributed by atoms with Gasteiger partial charge in [-0.2, -0.15) is 0 Å². The second kappa shape index (κ2) is 4.54. The lowest BCUT2D eigenvalue weighted by Gasteiger charge is -2.00. The maximum absolute atomic E-state index is 5.98. The molecule has 0 saturated heterocycles. The van der Waals surface area contributed by atoms with E-state index in [1.165, 1.54) is 0 Å². The molecule has 5 heteroatoms. The molecule has 0 saturated carbocycles. The Balaban J connectivity index is 2.23. The predicted molar refractivity (Wildman–Crippen MR) is 81.3 cm³/mol. The molecule has 1 heterocycles. The van der Waals surface area contributed by atoms with Crippen LogP contribution in [-0.2, 0) is 0 Å². The van der Waals surface area contributed by atoms with E-state index in [4.69, 9.17) is 21.8 Å². The number of nitrogens with zero attached hydrogens (tertiary/aromatic N) is 1. The van der Waals surface area contributed by atoms with E-state index in [0.29, 0.717) is 27.7 Å². The first kappa shape index (κ1) is 12.5. The molecule has 3 aromatic rings. The highest BCUT2D eigenvalue weighted by atomic mass is 79.9. The van der Waals surface area contributed by atoms with Gasteiger partial charge in [0.05, 0.1) is 16.3 Å². The zero-order valence-corrected chi connectivity index (χ0v) is 12.4. The first-order chi connectivity index (χ1) is 9.04. The Labute approximate surface area is 123 Å². The van der Waals surface area contributed by atoms with Gasteiger partial charge in [0.1, 0.15) is 5.52 Å². The molecule has 0 unspecified atom stereocenters. The first-order valence-electron chi connectivity index (χ1n) is 5.66. The fourth-order valence-corrected chi connectivity index (χ4v) is 2.46. The summed E-state index contributed by atoms with van der Waals surface area (Å²) in [6.07, 6.45) is 0. The fourth-order valence-electron chi connectivity index (χ4n) is 1.88. The zero-order chi connectivity index (χ0) is 13.6. The van der Waals surface area contributed by atoms with E-state index in [2.05, 4.69) is 20.9 Å². The minimum Gasteiger partial charge on any atom is -0.436 e. The Morgan fingerprint density at radius 2 is 2.05 bits per heavy atom. The molecule has 3 nitrogen and oxygen atoms in total. The SMILES string of the molecule is Cc1ccc(Br)c(-c2nc3cc(Cl)c(N)cc3o2)c1. The molecule has 1 aromatic heterocycles. The van der Waals surface area contributed by atoms with E-state index in [-0.39, 0.29) is 0 Å². The van der Waals surface area contributed by atoms with Crippen LogP contribution in [0.4, 0.5) is 5.69 Å². The number of aromatic nitrogens is 1. The van der Waals surface area contributed by atoms with Gasteiger partial charge in [0.25, 0.3) is 0 Å². The number of oxazole rings is 1. The summed E-state index contributed by atoms with van der Waals surface area (Å²) in [6.45, 7) is 2.02. The Morgan fingerprint density at radius 3 is 2.84 bits per heavy atom. The van der Waals surface area contributed by atoms with Gasteiger partial charge in [0.2, 0.25) is 5.89 Å². The fraction of sp³-hybridized carbons (Fsp3) is 0.0714. The quantitative estimate of drug-likeness (QED) is 0.649. The summed E-state index contributed by atoms with van der Waals surface area (Å²) in [4.78, 5) is 4.45. The highest BCUT2D eigenvalue weighted by Crippen LogP contribution is 2.33.